The lowest BCUT2D eigenvalue weighted by Gasteiger charge is -2.36. The third kappa shape index (κ3) is 4.38. The molecule has 1 fully saturated rings. The Morgan fingerprint density at radius 1 is 1.03 bits per heavy atom. The van der Waals surface area contributed by atoms with Gasteiger partial charge in [0.15, 0.2) is 11.5 Å². The summed E-state index contributed by atoms with van der Waals surface area (Å²) in [6.07, 6.45) is 2.15. The number of carbonyl (C=O) groups excluding carboxylic acids is 1. The summed E-state index contributed by atoms with van der Waals surface area (Å²) in [6.45, 7) is 4.70. The van der Waals surface area contributed by atoms with Crippen molar-refractivity contribution in [1.29, 1.82) is 0 Å². The summed E-state index contributed by atoms with van der Waals surface area (Å²) < 4.78 is 13.2. The zero-order valence-corrected chi connectivity index (χ0v) is 20.9. The van der Waals surface area contributed by atoms with Crippen LogP contribution in [0.1, 0.15) is 29.3 Å². The van der Waals surface area contributed by atoms with Gasteiger partial charge in [0.1, 0.15) is 5.65 Å². The number of nitro groups is 1. The number of nitrogens with zero attached hydrogens (tertiary/aromatic N) is 5. The Kier molecular flexibility index (Phi) is 6.07. The number of rotatable bonds is 6. The minimum Gasteiger partial charge on any atom is -0.454 e. The normalized spacial score (nSPS) is 15.6. The zero-order valence-electron chi connectivity index (χ0n) is 20.9. The zero-order chi connectivity index (χ0) is 26.2. The maximum absolute atomic E-state index is 13.6. The van der Waals surface area contributed by atoms with Gasteiger partial charge in [-0.05, 0) is 48.9 Å². The van der Waals surface area contributed by atoms with Crippen LogP contribution in [-0.4, -0.2) is 58.1 Å². The predicted molar refractivity (Wildman–Crippen MR) is 141 cm³/mol. The molecule has 0 spiro atoms. The highest BCUT2D eigenvalue weighted by Crippen LogP contribution is 2.38. The maximum atomic E-state index is 13.6. The lowest BCUT2D eigenvalue weighted by atomic mass is 9.91. The van der Waals surface area contributed by atoms with Gasteiger partial charge in [-0.1, -0.05) is 12.1 Å². The largest absolute Gasteiger partial charge is 0.454 e. The van der Waals surface area contributed by atoms with Crippen LogP contribution in [-0.2, 0) is 4.79 Å². The van der Waals surface area contributed by atoms with Crippen molar-refractivity contribution in [3.8, 4) is 11.5 Å². The number of amides is 1. The Hall–Kier alpha value is -4.60. The number of nitro benzene ring substituents is 1. The molecule has 0 N–H and O–H groups in total. The van der Waals surface area contributed by atoms with Gasteiger partial charge in [0, 0.05) is 68.2 Å². The third-order valence-corrected chi connectivity index (χ3v) is 7.34. The molecule has 0 saturated carbocycles. The summed E-state index contributed by atoms with van der Waals surface area (Å²) >= 11 is 0. The highest BCUT2D eigenvalue weighted by atomic mass is 16.7. The fourth-order valence-electron chi connectivity index (χ4n) is 5.30. The van der Waals surface area contributed by atoms with E-state index < -0.39 is 4.92 Å². The molecule has 1 saturated heterocycles. The second-order valence-corrected chi connectivity index (χ2v) is 9.55. The molecule has 38 heavy (non-hydrogen) atoms. The molecule has 6 rings (SSSR count). The monoisotopic (exact) mass is 513 g/mol. The van der Waals surface area contributed by atoms with E-state index in [4.69, 9.17) is 9.47 Å². The van der Waals surface area contributed by atoms with E-state index in [0.717, 1.165) is 28.3 Å². The summed E-state index contributed by atoms with van der Waals surface area (Å²) in [4.78, 5) is 32.9. The molecule has 1 unspecified atom stereocenters. The van der Waals surface area contributed by atoms with Crippen LogP contribution in [0.15, 0.2) is 66.9 Å². The summed E-state index contributed by atoms with van der Waals surface area (Å²) in [5, 5.41) is 11.0. The van der Waals surface area contributed by atoms with E-state index in [1.165, 1.54) is 12.1 Å². The first kappa shape index (κ1) is 23.8. The number of pyridine rings is 1. The molecular formula is C28H27N5O5. The molecule has 2 aliphatic rings. The fraction of sp³-hybridized carbons (Fsp3) is 0.286. The molecule has 10 nitrogen and oxygen atoms in total. The standard InChI is InChI=1S/C28H27N5O5/c1-19-3-2-4-27-29-17-24(32(19)27)23(20-5-10-25-26(15-20)38-18-37-25)16-28(34)31-13-11-30(12-14-31)21-6-8-22(9-7-21)33(35)36/h2-10,15,17,23H,11-14,16,18H2,1H3. The molecule has 1 amide bonds. The average Bonchev–Trinajstić information content (AvgIpc) is 3.59. The number of carbonyl (C=O) groups is 1. The lowest BCUT2D eigenvalue weighted by molar-refractivity contribution is -0.384. The smallest absolute Gasteiger partial charge is 0.269 e. The van der Waals surface area contributed by atoms with Crippen molar-refractivity contribution in [3.63, 3.8) is 0 Å². The van der Waals surface area contributed by atoms with Crippen LogP contribution < -0.4 is 14.4 Å². The molecule has 4 heterocycles. The van der Waals surface area contributed by atoms with Gasteiger partial charge in [-0.15, -0.1) is 0 Å². The van der Waals surface area contributed by atoms with Crippen molar-refractivity contribution in [2.75, 3.05) is 37.9 Å². The number of fused-ring (bicyclic) bond motifs is 2. The van der Waals surface area contributed by atoms with Gasteiger partial charge in [-0.3, -0.25) is 14.9 Å². The van der Waals surface area contributed by atoms with Crippen LogP contribution in [0, 0.1) is 17.0 Å². The summed E-state index contributed by atoms with van der Waals surface area (Å²) in [5.74, 6) is 1.23. The summed E-state index contributed by atoms with van der Waals surface area (Å²) in [5.41, 5.74) is 4.80. The van der Waals surface area contributed by atoms with Crippen molar-refractivity contribution in [1.82, 2.24) is 14.3 Å². The Balaban J connectivity index is 1.23. The summed E-state index contributed by atoms with van der Waals surface area (Å²) in [7, 11) is 0. The van der Waals surface area contributed by atoms with Gasteiger partial charge in [0.05, 0.1) is 10.6 Å². The van der Waals surface area contributed by atoms with Gasteiger partial charge in [-0.25, -0.2) is 4.98 Å². The number of imidazole rings is 1. The van der Waals surface area contributed by atoms with E-state index in [0.29, 0.717) is 44.1 Å². The number of aryl methyl sites for hydroxylation is 1. The second kappa shape index (κ2) is 9.70. The van der Waals surface area contributed by atoms with E-state index in [1.54, 1.807) is 12.1 Å². The molecule has 0 aliphatic carbocycles. The van der Waals surface area contributed by atoms with E-state index in [-0.39, 0.29) is 24.3 Å². The lowest BCUT2D eigenvalue weighted by Crippen LogP contribution is -2.49. The van der Waals surface area contributed by atoms with E-state index in [9.17, 15) is 14.9 Å². The Morgan fingerprint density at radius 3 is 2.55 bits per heavy atom. The van der Waals surface area contributed by atoms with Crippen molar-refractivity contribution in [3.05, 3.63) is 93.9 Å². The molecule has 10 heteroatoms. The van der Waals surface area contributed by atoms with Gasteiger partial charge < -0.3 is 23.7 Å². The van der Waals surface area contributed by atoms with Gasteiger partial charge in [0.25, 0.3) is 5.69 Å². The van der Waals surface area contributed by atoms with Crippen LogP contribution in [0.4, 0.5) is 11.4 Å². The minimum absolute atomic E-state index is 0.0690. The number of anilines is 1. The Labute approximate surface area is 219 Å². The number of piperazine rings is 1. The fourth-order valence-corrected chi connectivity index (χ4v) is 5.30. The second-order valence-electron chi connectivity index (χ2n) is 9.55. The molecule has 2 aromatic heterocycles. The molecule has 2 aliphatic heterocycles. The van der Waals surface area contributed by atoms with Crippen LogP contribution in [0.5, 0.6) is 11.5 Å². The minimum atomic E-state index is -0.401. The Bertz CT molecular complexity index is 1510. The molecule has 2 aromatic carbocycles. The van der Waals surface area contributed by atoms with Gasteiger partial charge in [0.2, 0.25) is 12.7 Å². The van der Waals surface area contributed by atoms with Gasteiger partial charge >= 0.3 is 0 Å². The van der Waals surface area contributed by atoms with Crippen LogP contribution >= 0.6 is 0 Å². The van der Waals surface area contributed by atoms with Crippen molar-refractivity contribution in [2.24, 2.45) is 0 Å². The number of non-ortho nitro benzene ring substituents is 1. The van der Waals surface area contributed by atoms with Gasteiger partial charge in [-0.2, -0.15) is 0 Å². The highest BCUT2D eigenvalue weighted by molar-refractivity contribution is 5.78. The first-order valence-corrected chi connectivity index (χ1v) is 12.6. The molecule has 4 aromatic rings. The highest BCUT2D eigenvalue weighted by Gasteiger charge is 2.29. The van der Waals surface area contributed by atoms with Crippen molar-refractivity contribution >= 4 is 22.9 Å². The van der Waals surface area contributed by atoms with E-state index in [2.05, 4.69) is 14.3 Å². The molecule has 194 valence electrons. The molecule has 1 atom stereocenters. The molecule has 0 radical (unpaired) electrons. The topological polar surface area (TPSA) is 102 Å². The van der Waals surface area contributed by atoms with Crippen LogP contribution in [0.2, 0.25) is 0 Å². The Morgan fingerprint density at radius 2 is 1.79 bits per heavy atom. The molecular weight excluding hydrogens is 486 g/mol. The first-order chi connectivity index (χ1) is 18.5. The van der Waals surface area contributed by atoms with E-state index >= 15 is 0 Å². The summed E-state index contributed by atoms with van der Waals surface area (Å²) in [6, 6.07) is 18.4. The quantitative estimate of drug-likeness (QED) is 0.282. The number of hydrogen-bond donors (Lipinski definition) is 0. The number of hydrogen-bond acceptors (Lipinski definition) is 7. The van der Waals surface area contributed by atoms with Crippen LogP contribution in [0.3, 0.4) is 0 Å². The first-order valence-electron chi connectivity index (χ1n) is 12.6. The average molecular weight is 514 g/mol. The predicted octanol–water partition coefficient (Wildman–Crippen LogP) is 4.15. The van der Waals surface area contributed by atoms with Crippen molar-refractivity contribution in [2.45, 2.75) is 19.3 Å². The van der Waals surface area contributed by atoms with Crippen LogP contribution in [0.25, 0.3) is 5.65 Å². The third-order valence-electron chi connectivity index (χ3n) is 7.34. The number of ether oxygens (including phenoxy) is 2. The maximum Gasteiger partial charge on any atom is 0.269 e. The number of aromatic nitrogens is 2. The SMILES string of the molecule is Cc1cccc2ncc(C(CC(=O)N3CCN(c4ccc([N+](=O)[O-])cc4)CC3)c3ccc4c(c3)OCO4)n12. The molecule has 0 bridgehead atoms. The number of benzene rings is 2. The van der Waals surface area contributed by atoms with E-state index in [1.807, 2.05) is 54.4 Å². The van der Waals surface area contributed by atoms with Crippen molar-refractivity contribution < 1.29 is 19.2 Å².